The molecule has 3 aliphatic rings. The van der Waals surface area contributed by atoms with Crippen molar-refractivity contribution >= 4 is 29.1 Å². The number of hydrogen-bond donors (Lipinski definition) is 2. The van der Waals surface area contributed by atoms with E-state index < -0.39 is 6.04 Å². The monoisotopic (exact) mass is 568 g/mol. The Hall–Kier alpha value is -3.02. The van der Waals surface area contributed by atoms with E-state index in [1.807, 2.05) is 18.2 Å². The number of para-hydroxylation sites is 1. The summed E-state index contributed by atoms with van der Waals surface area (Å²) in [6.45, 7) is 5.19. The third-order valence-corrected chi connectivity index (χ3v) is 9.22. The van der Waals surface area contributed by atoms with Gasteiger partial charge in [0.15, 0.2) is 0 Å². The van der Waals surface area contributed by atoms with Gasteiger partial charge in [0.05, 0.1) is 36.3 Å². The lowest BCUT2D eigenvalue weighted by Crippen LogP contribution is -2.42. The van der Waals surface area contributed by atoms with Crippen LogP contribution in [0.4, 0.5) is 0 Å². The summed E-state index contributed by atoms with van der Waals surface area (Å²) in [6, 6.07) is 5.87. The SMILES string of the molecule is CNC(=O)CCC(C=O)n1c(=O)n(C)c2cccc(C3CCN(CC(=O)NCCOC4CC5CCCN5C4)CC3)c21. The third-order valence-electron chi connectivity index (χ3n) is 9.22. The number of hydrogen-bond acceptors (Lipinski definition) is 7. The molecule has 5 rings (SSSR count). The molecule has 0 radical (unpaired) electrons. The number of nitrogens with one attached hydrogen (secondary N) is 2. The van der Waals surface area contributed by atoms with Crippen LogP contribution in [0.3, 0.4) is 0 Å². The number of ether oxygens (including phenoxy) is 1. The summed E-state index contributed by atoms with van der Waals surface area (Å²) in [7, 11) is 3.28. The first-order valence-electron chi connectivity index (χ1n) is 15.1. The fourth-order valence-electron chi connectivity index (χ4n) is 6.98. The van der Waals surface area contributed by atoms with Crippen molar-refractivity contribution in [3.63, 3.8) is 0 Å². The smallest absolute Gasteiger partial charge is 0.329 e. The van der Waals surface area contributed by atoms with Crippen LogP contribution in [0.15, 0.2) is 23.0 Å². The molecule has 0 aliphatic carbocycles. The molecule has 224 valence electrons. The molecular weight excluding hydrogens is 524 g/mol. The molecular formula is C30H44N6O5. The molecule has 3 fully saturated rings. The second-order valence-electron chi connectivity index (χ2n) is 11.8. The number of carbonyl (C=O) groups is 3. The summed E-state index contributed by atoms with van der Waals surface area (Å²) in [5.74, 6) is 0.0544. The molecule has 11 nitrogen and oxygen atoms in total. The second-order valence-corrected chi connectivity index (χ2v) is 11.8. The zero-order chi connectivity index (χ0) is 28.9. The van der Waals surface area contributed by atoms with Gasteiger partial charge in [-0.15, -0.1) is 0 Å². The molecule has 0 spiro atoms. The summed E-state index contributed by atoms with van der Waals surface area (Å²) in [5.41, 5.74) is 2.34. The molecule has 4 heterocycles. The van der Waals surface area contributed by atoms with Crippen LogP contribution in [0, 0.1) is 0 Å². The van der Waals surface area contributed by atoms with Crippen molar-refractivity contribution in [3.05, 3.63) is 34.2 Å². The van der Waals surface area contributed by atoms with Crippen molar-refractivity contribution in [1.82, 2.24) is 29.6 Å². The van der Waals surface area contributed by atoms with E-state index in [-0.39, 0.29) is 36.3 Å². The number of nitrogens with zero attached hydrogens (tertiary/aromatic N) is 4. The fourth-order valence-corrected chi connectivity index (χ4v) is 6.98. The van der Waals surface area contributed by atoms with E-state index in [0.29, 0.717) is 31.8 Å². The Morgan fingerprint density at radius 2 is 1.95 bits per heavy atom. The van der Waals surface area contributed by atoms with Gasteiger partial charge in [-0.3, -0.25) is 28.5 Å². The predicted molar refractivity (Wildman–Crippen MR) is 156 cm³/mol. The Labute approximate surface area is 241 Å². The van der Waals surface area contributed by atoms with Crippen LogP contribution in [0.2, 0.25) is 0 Å². The quantitative estimate of drug-likeness (QED) is 0.291. The number of aromatic nitrogens is 2. The Morgan fingerprint density at radius 1 is 1.15 bits per heavy atom. The first-order chi connectivity index (χ1) is 19.9. The fraction of sp³-hybridized carbons (Fsp3) is 0.667. The van der Waals surface area contributed by atoms with E-state index in [1.54, 1.807) is 23.2 Å². The van der Waals surface area contributed by atoms with E-state index in [2.05, 4.69) is 20.4 Å². The molecule has 0 bridgehead atoms. The number of amides is 2. The number of piperidine rings is 1. The van der Waals surface area contributed by atoms with E-state index in [1.165, 1.54) is 19.4 Å². The Bertz CT molecular complexity index is 1280. The summed E-state index contributed by atoms with van der Waals surface area (Å²) < 4.78 is 9.16. The summed E-state index contributed by atoms with van der Waals surface area (Å²) in [6.07, 6.45) is 6.88. The lowest BCUT2D eigenvalue weighted by Gasteiger charge is -2.32. The van der Waals surface area contributed by atoms with Gasteiger partial charge in [0.2, 0.25) is 11.8 Å². The highest BCUT2D eigenvalue weighted by Crippen LogP contribution is 2.34. The number of imidazole rings is 1. The van der Waals surface area contributed by atoms with E-state index in [4.69, 9.17) is 4.74 Å². The highest BCUT2D eigenvalue weighted by Gasteiger charge is 2.35. The predicted octanol–water partition coefficient (Wildman–Crippen LogP) is 1.16. The molecule has 1 aromatic carbocycles. The summed E-state index contributed by atoms with van der Waals surface area (Å²) in [5, 5.41) is 5.59. The average molecular weight is 569 g/mol. The van der Waals surface area contributed by atoms with Gasteiger partial charge in [0, 0.05) is 39.6 Å². The Morgan fingerprint density at radius 3 is 2.68 bits per heavy atom. The molecule has 3 atom stereocenters. The van der Waals surface area contributed by atoms with Gasteiger partial charge in [-0.25, -0.2) is 4.79 Å². The van der Waals surface area contributed by atoms with Crippen molar-refractivity contribution in [2.24, 2.45) is 7.05 Å². The number of likely N-dealkylation sites (tertiary alicyclic amines) is 1. The van der Waals surface area contributed by atoms with Crippen LogP contribution in [0.1, 0.15) is 62.5 Å². The maximum atomic E-state index is 13.2. The number of rotatable bonds is 12. The lowest BCUT2D eigenvalue weighted by molar-refractivity contribution is -0.123. The number of fused-ring (bicyclic) bond motifs is 2. The Kier molecular flexibility index (Phi) is 9.57. The molecule has 3 aliphatic heterocycles. The highest BCUT2D eigenvalue weighted by molar-refractivity contribution is 5.82. The van der Waals surface area contributed by atoms with Crippen LogP contribution in [0.25, 0.3) is 11.0 Å². The number of aldehydes is 1. The van der Waals surface area contributed by atoms with E-state index in [9.17, 15) is 19.2 Å². The third kappa shape index (κ3) is 6.57. The zero-order valence-electron chi connectivity index (χ0n) is 24.3. The molecule has 1 aromatic heterocycles. The minimum atomic E-state index is -0.719. The molecule has 0 saturated carbocycles. The molecule has 2 amide bonds. The van der Waals surface area contributed by atoms with Crippen molar-refractivity contribution in [2.45, 2.75) is 69.1 Å². The van der Waals surface area contributed by atoms with Crippen molar-refractivity contribution in [1.29, 1.82) is 0 Å². The van der Waals surface area contributed by atoms with Crippen LogP contribution in [-0.4, -0.2) is 102 Å². The largest absolute Gasteiger partial charge is 0.375 e. The molecule has 41 heavy (non-hydrogen) atoms. The summed E-state index contributed by atoms with van der Waals surface area (Å²) >= 11 is 0. The number of carbonyl (C=O) groups excluding carboxylic acids is 3. The van der Waals surface area contributed by atoms with Gasteiger partial charge >= 0.3 is 5.69 Å². The standard InChI is InChI=1S/C30H44N6O5/c1-31-27(38)9-8-23(20-37)36-29-25(6-3-7-26(29)33(2)30(36)40)21-10-14-34(15-11-21)19-28(39)32-12-16-41-24-17-22-5-4-13-35(22)18-24/h3,6-7,20-24H,4-5,8-19H2,1-2H3,(H,31,38)(H,32,39). The molecule has 2 aromatic rings. The number of benzene rings is 1. The average Bonchev–Trinajstić information content (AvgIpc) is 3.65. The van der Waals surface area contributed by atoms with Crippen LogP contribution in [-0.2, 0) is 26.2 Å². The lowest BCUT2D eigenvalue weighted by atomic mass is 9.88. The molecule has 3 saturated heterocycles. The number of aryl methyl sites for hydroxylation is 1. The molecule has 2 N–H and O–H groups in total. The van der Waals surface area contributed by atoms with E-state index in [0.717, 1.165) is 61.8 Å². The van der Waals surface area contributed by atoms with Gasteiger partial charge < -0.3 is 20.2 Å². The topological polar surface area (TPSA) is 118 Å². The van der Waals surface area contributed by atoms with E-state index >= 15 is 0 Å². The maximum Gasteiger partial charge on any atom is 0.329 e. The normalized spacial score (nSPS) is 22.6. The first-order valence-corrected chi connectivity index (χ1v) is 15.1. The summed E-state index contributed by atoms with van der Waals surface area (Å²) in [4.78, 5) is 54.5. The maximum absolute atomic E-state index is 13.2. The minimum absolute atomic E-state index is 0.0167. The van der Waals surface area contributed by atoms with Crippen LogP contribution >= 0.6 is 0 Å². The minimum Gasteiger partial charge on any atom is -0.375 e. The van der Waals surface area contributed by atoms with Gasteiger partial charge in [0.25, 0.3) is 0 Å². The van der Waals surface area contributed by atoms with Gasteiger partial charge in [-0.2, -0.15) is 0 Å². The Balaban J connectivity index is 1.15. The first kappa shape index (κ1) is 29.5. The molecule has 11 heteroatoms. The van der Waals surface area contributed by atoms with Gasteiger partial charge in [-0.05, 0) is 75.7 Å². The van der Waals surface area contributed by atoms with Crippen molar-refractivity contribution in [3.8, 4) is 0 Å². The van der Waals surface area contributed by atoms with Gasteiger partial charge in [0.1, 0.15) is 6.29 Å². The van der Waals surface area contributed by atoms with Crippen LogP contribution in [0.5, 0.6) is 0 Å². The van der Waals surface area contributed by atoms with Crippen molar-refractivity contribution in [2.75, 3.05) is 52.9 Å². The molecule has 3 unspecified atom stereocenters. The highest BCUT2D eigenvalue weighted by atomic mass is 16.5. The zero-order valence-corrected chi connectivity index (χ0v) is 24.3. The van der Waals surface area contributed by atoms with Crippen LogP contribution < -0.4 is 16.3 Å². The van der Waals surface area contributed by atoms with Crippen molar-refractivity contribution < 1.29 is 19.1 Å². The second kappa shape index (κ2) is 13.3. The van der Waals surface area contributed by atoms with Gasteiger partial charge in [-0.1, -0.05) is 12.1 Å².